The first-order chi connectivity index (χ1) is 8.88. The second kappa shape index (κ2) is 5.05. The second-order valence-electron chi connectivity index (χ2n) is 3.99. The lowest BCUT2D eigenvalue weighted by atomic mass is 10.1. The monoisotopic (exact) mass is 285 g/mol. The van der Waals surface area contributed by atoms with E-state index in [9.17, 15) is 18.0 Å². The summed E-state index contributed by atoms with van der Waals surface area (Å²) >= 11 is 1.35. The number of aryl methyl sites for hydroxylation is 1. The molecule has 1 aromatic carbocycles. The van der Waals surface area contributed by atoms with Crippen LogP contribution in [0.5, 0.6) is 0 Å². The van der Waals surface area contributed by atoms with E-state index in [4.69, 9.17) is 0 Å². The Morgan fingerprint density at radius 1 is 1.26 bits per heavy atom. The van der Waals surface area contributed by atoms with Crippen molar-refractivity contribution in [3.63, 3.8) is 0 Å². The molecule has 1 amide bonds. The topological polar surface area (TPSA) is 29.1 Å². The number of halogens is 3. The molecule has 1 N–H and O–H groups in total. The van der Waals surface area contributed by atoms with Crippen LogP contribution in [0.3, 0.4) is 0 Å². The van der Waals surface area contributed by atoms with Crippen LogP contribution in [0.25, 0.3) is 0 Å². The van der Waals surface area contributed by atoms with Crippen LogP contribution in [0, 0.1) is 6.92 Å². The number of thiophene rings is 1. The van der Waals surface area contributed by atoms with Crippen molar-refractivity contribution in [1.82, 2.24) is 0 Å². The lowest BCUT2D eigenvalue weighted by molar-refractivity contribution is -0.138. The number of hydrogen-bond acceptors (Lipinski definition) is 2. The number of anilines is 1. The molecule has 100 valence electrons. The molecule has 0 spiro atoms. The maximum atomic E-state index is 12.7. The predicted molar refractivity (Wildman–Crippen MR) is 68.5 cm³/mol. The second-order valence-corrected chi connectivity index (χ2v) is 4.77. The molecule has 2 aromatic rings. The molecule has 0 saturated carbocycles. The van der Waals surface area contributed by atoms with Crippen LogP contribution in [0.2, 0.25) is 0 Å². The SMILES string of the molecule is Cc1ccc(NC(=O)c2ccsc2)cc1C(F)(F)F. The number of carbonyl (C=O) groups excluding carboxylic acids is 1. The zero-order valence-corrected chi connectivity index (χ0v) is 10.7. The Morgan fingerprint density at radius 2 is 2.00 bits per heavy atom. The van der Waals surface area contributed by atoms with Crippen LogP contribution in [0.4, 0.5) is 18.9 Å². The van der Waals surface area contributed by atoms with Gasteiger partial charge in [0.15, 0.2) is 0 Å². The van der Waals surface area contributed by atoms with Gasteiger partial charge in [-0.25, -0.2) is 0 Å². The highest BCUT2D eigenvalue weighted by Crippen LogP contribution is 2.33. The molecule has 2 rings (SSSR count). The molecule has 0 aliphatic rings. The Morgan fingerprint density at radius 3 is 2.58 bits per heavy atom. The van der Waals surface area contributed by atoms with Crippen LogP contribution in [-0.4, -0.2) is 5.91 Å². The molecule has 0 atom stereocenters. The van der Waals surface area contributed by atoms with Gasteiger partial charge in [0.2, 0.25) is 0 Å². The molecule has 2 nitrogen and oxygen atoms in total. The number of hydrogen-bond donors (Lipinski definition) is 1. The summed E-state index contributed by atoms with van der Waals surface area (Å²) < 4.78 is 38.2. The van der Waals surface area contributed by atoms with Gasteiger partial charge in [0, 0.05) is 11.1 Å². The third-order valence-corrected chi connectivity index (χ3v) is 3.27. The van der Waals surface area contributed by atoms with E-state index in [-0.39, 0.29) is 11.3 Å². The minimum atomic E-state index is -4.42. The lowest BCUT2D eigenvalue weighted by Gasteiger charge is -2.12. The van der Waals surface area contributed by atoms with Gasteiger partial charge < -0.3 is 5.32 Å². The van der Waals surface area contributed by atoms with E-state index in [0.29, 0.717) is 5.56 Å². The Bertz CT molecular complexity index is 590. The molecule has 0 bridgehead atoms. The molecule has 0 fully saturated rings. The number of carbonyl (C=O) groups is 1. The van der Waals surface area contributed by atoms with Crippen molar-refractivity contribution >= 4 is 22.9 Å². The summed E-state index contributed by atoms with van der Waals surface area (Å²) in [6.45, 7) is 1.38. The fourth-order valence-electron chi connectivity index (χ4n) is 1.60. The van der Waals surface area contributed by atoms with Gasteiger partial charge in [-0.1, -0.05) is 6.07 Å². The average molecular weight is 285 g/mol. The maximum Gasteiger partial charge on any atom is 0.416 e. The van der Waals surface area contributed by atoms with Crippen LogP contribution in [-0.2, 0) is 6.18 Å². The number of nitrogens with one attached hydrogen (secondary N) is 1. The largest absolute Gasteiger partial charge is 0.416 e. The fraction of sp³-hybridized carbons (Fsp3) is 0.154. The molecular weight excluding hydrogens is 275 g/mol. The smallest absolute Gasteiger partial charge is 0.322 e. The highest BCUT2D eigenvalue weighted by Gasteiger charge is 2.32. The number of benzene rings is 1. The van der Waals surface area contributed by atoms with Crippen molar-refractivity contribution in [3.05, 3.63) is 51.7 Å². The van der Waals surface area contributed by atoms with Crippen molar-refractivity contribution in [3.8, 4) is 0 Å². The van der Waals surface area contributed by atoms with Gasteiger partial charge in [-0.2, -0.15) is 24.5 Å². The molecule has 0 unspecified atom stereocenters. The van der Waals surface area contributed by atoms with Gasteiger partial charge in [0.25, 0.3) is 5.91 Å². The molecule has 0 saturated heterocycles. The van der Waals surface area contributed by atoms with E-state index in [1.165, 1.54) is 30.4 Å². The Balaban J connectivity index is 2.25. The molecule has 1 aromatic heterocycles. The van der Waals surface area contributed by atoms with Crippen molar-refractivity contribution in [2.45, 2.75) is 13.1 Å². The normalized spacial score (nSPS) is 11.4. The third-order valence-electron chi connectivity index (χ3n) is 2.58. The maximum absolute atomic E-state index is 12.7. The summed E-state index contributed by atoms with van der Waals surface area (Å²) in [6, 6.07) is 5.35. The first-order valence-electron chi connectivity index (χ1n) is 5.39. The summed E-state index contributed by atoms with van der Waals surface area (Å²) in [5, 5.41) is 5.81. The van der Waals surface area contributed by atoms with Gasteiger partial charge in [0.1, 0.15) is 0 Å². The standard InChI is InChI=1S/C13H10F3NOS/c1-8-2-3-10(6-11(8)13(14,15)16)17-12(18)9-4-5-19-7-9/h2-7H,1H3,(H,17,18). The van der Waals surface area contributed by atoms with Crippen LogP contribution < -0.4 is 5.32 Å². The summed E-state index contributed by atoms with van der Waals surface area (Å²) in [5.41, 5.74) is -0.0510. The zero-order chi connectivity index (χ0) is 14.0. The summed E-state index contributed by atoms with van der Waals surface area (Å²) in [4.78, 5) is 11.7. The number of rotatable bonds is 2. The van der Waals surface area contributed by atoms with Crippen molar-refractivity contribution in [2.75, 3.05) is 5.32 Å². The Labute approximate surface area is 111 Å². The van der Waals surface area contributed by atoms with Gasteiger partial charge >= 0.3 is 6.18 Å². The van der Waals surface area contributed by atoms with Crippen molar-refractivity contribution < 1.29 is 18.0 Å². The molecular formula is C13H10F3NOS. The van der Waals surface area contributed by atoms with E-state index >= 15 is 0 Å². The molecule has 0 aliphatic carbocycles. The quantitative estimate of drug-likeness (QED) is 0.874. The summed E-state index contributed by atoms with van der Waals surface area (Å²) in [7, 11) is 0. The minimum Gasteiger partial charge on any atom is -0.322 e. The number of alkyl halides is 3. The van der Waals surface area contributed by atoms with Crippen LogP contribution in [0.1, 0.15) is 21.5 Å². The first-order valence-corrected chi connectivity index (χ1v) is 6.33. The molecule has 1 heterocycles. The highest BCUT2D eigenvalue weighted by atomic mass is 32.1. The molecule has 6 heteroatoms. The van der Waals surface area contributed by atoms with Crippen LogP contribution >= 0.6 is 11.3 Å². The molecule has 0 aliphatic heterocycles. The van der Waals surface area contributed by atoms with E-state index in [0.717, 1.165) is 6.07 Å². The lowest BCUT2D eigenvalue weighted by Crippen LogP contribution is -2.13. The minimum absolute atomic E-state index is 0.126. The van der Waals surface area contributed by atoms with Gasteiger partial charge in [-0.15, -0.1) is 0 Å². The van der Waals surface area contributed by atoms with Gasteiger partial charge in [0.05, 0.1) is 11.1 Å². The Kier molecular flexibility index (Phi) is 3.61. The highest BCUT2D eigenvalue weighted by molar-refractivity contribution is 7.08. The van der Waals surface area contributed by atoms with Crippen molar-refractivity contribution in [2.24, 2.45) is 0 Å². The van der Waals surface area contributed by atoms with Crippen LogP contribution in [0.15, 0.2) is 35.0 Å². The van der Waals surface area contributed by atoms with E-state index in [1.54, 1.807) is 16.8 Å². The fourth-order valence-corrected chi connectivity index (χ4v) is 2.24. The average Bonchev–Trinajstić information content (AvgIpc) is 2.83. The molecule has 0 radical (unpaired) electrons. The summed E-state index contributed by atoms with van der Waals surface area (Å²) in [6.07, 6.45) is -4.42. The van der Waals surface area contributed by atoms with E-state index < -0.39 is 17.6 Å². The van der Waals surface area contributed by atoms with Crippen molar-refractivity contribution in [1.29, 1.82) is 0 Å². The first kappa shape index (κ1) is 13.6. The van der Waals surface area contributed by atoms with Gasteiger partial charge in [-0.3, -0.25) is 4.79 Å². The van der Waals surface area contributed by atoms with E-state index in [1.807, 2.05) is 0 Å². The summed E-state index contributed by atoms with van der Waals surface area (Å²) in [5.74, 6) is -0.418. The molecule has 19 heavy (non-hydrogen) atoms. The predicted octanol–water partition coefficient (Wildman–Crippen LogP) is 4.33. The number of amides is 1. The third kappa shape index (κ3) is 3.14. The Hall–Kier alpha value is -1.82. The van der Waals surface area contributed by atoms with E-state index in [2.05, 4.69) is 5.32 Å². The zero-order valence-electron chi connectivity index (χ0n) is 9.91. The van der Waals surface area contributed by atoms with Gasteiger partial charge in [-0.05, 0) is 36.1 Å².